The van der Waals surface area contributed by atoms with E-state index >= 15 is 0 Å². The van der Waals surface area contributed by atoms with Crippen LogP contribution in [0.3, 0.4) is 0 Å². The molecule has 0 bridgehead atoms. The van der Waals surface area contributed by atoms with Gasteiger partial charge in [-0.25, -0.2) is 4.98 Å². The van der Waals surface area contributed by atoms with Crippen LogP contribution in [0.1, 0.15) is 51.8 Å². The molecule has 4 heterocycles. The Balaban J connectivity index is 1.34. The first kappa shape index (κ1) is 23.7. The van der Waals surface area contributed by atoms with Crippen molar-refractivity contribution in [2.45, 2.75) is 44.7 Å². The molecule has 35 heavy (non-hydrogen) atoms. The normalized spacial score (nSPS) is 15.8. The van der Waals surface area contributed by atoms with Crippen LogP contribution in [0.2, 0.25) is 10.0 Å². The molecular weight excluding hydrogens is 487 g/mol. The van der Waals surface area contributed by atoms with E-state index in [1.54, 1.807) is 23.1 Å². The molecule has 0 spiro atoms. The Hall–Kier alpha value is -3.03. The van der Waals surface area contributed by atoms with Gasteiger partial charge in [0.15, 0.2) is 0 Å². The van der Waals surface area contributed by atoms with Gasteiger partial charge in [0.1, 0.15) is 11.5 Å². The smallest absolute Gasteiger partial charge is 0.305 e. The number of amides is 1. The van der Waals surface area contributed by atoms with Crippen molar-refractivity contribution in [3.05, 3.63) is 80.7 Å². The van der Waals surface area contributed by atoms with Gasteiger partial charge >= 0.3 is 5.97 Å². The maximum absolute atomic E-state index is 13.5. The number of nitrogens with zero attached hydrogens (tertiary/aromatic N) is 3. The molecule has 0 unspecified atom stereocenters. The van der Waals surface area contributed by atoms with Crippen LogP contribution < -0.4 is 5.32 Å². The van der Waals surface area contributed by atoms with Gasteiger partial charge in [0.05, 0.1) is 12.5 Å². The highest BCUT2D eigenvalue weighted by Crippen LogP contribution is 2.33. The molecule has 2 aliphatic rings. The average Bonchev–Trinajstić information content (AvgIpc) is 3.25. The maximum atomic E-state index is 13.5. The Bertz CT molecular complexity index is 1270. The molecule has 0 saturated carbocycles. The summed E-state index contributed by atoms with van der Waals surface area (Å²) in [5, 5.41) is 13.7. The predicted octanol–water partition coefficient (Wildman–Crippen LogP) is 5.01. The minimum absolute atomic E-state index is 0.194. The number of anilines is 1. The van der Waals surface area contributed by atoms with E-state index in [0.29, 0.717) is 34.4 Å². The Kier molecular flexibility index (Phi) is 6.71. The first-order valence-electron chi connectivity index (χ1n) is 11.8. The van der Waals surface area contributed by atoms with Crippen molar-refractivity contribution < 1.29 is 14.7 Å². The zero-order valence-electron chi connectivity index (χ0n) is 19.1. The molecule has 0 saturated heterocycles. The largest absolute Gasteiger partial charge is 0.481 e. The number of pyridine rings is 1. The monoisotopic (exact) mass is 512 g/mol. The molecule has 2 N–H and O–H groups in total. The van der Waals surface area contributed by atoms with Crippen molar-refractivity contribution in [3.8, 4) is 0 Å². The molecule has 0 aliphatic carbocycles. The van der Waals surface area contributed by atoms with Crippen LogP contribution in [0.15, 0.2) is 42.6 Å². The van der Waals surface area contributed by atoms with E-state index < -0.39 is 12.0 Å². The van der Waals surface area contributed by atoms with Gasteiger partial charge in [-0.05, 0) is 72.7 Å². The predicted molar refractivity (Wildman–Crippen MR) is 135 cm³/mol. The van der Waals surface area contributed by atoms with Crippen LogP contribution in [-0.4, -0.2) is 44.5 Å². The number of carboxylic acids is 1. The Labute approximate surface area is 213 Å². The van der Waals surface area contributed by atoms with Crippen molar-refractivity contribution in [1.82, 2.24) is 14.5 Å². The van der Waals surface area contributed by atoms with Gasteiger partial charge in [0.2, 0.25) is 0 Å². The second-order valence-corrected chi connectivity index (χ2v) is 9.96. The third-order valence-corrected chi connectivity index (χ3v) is 7.09. The van der Waals surface area contributed by atoms with Crippen molar-refractivity contribution in [3.63, 3.8) is 0 Å². The zero-order chi connectivity index (χ0) is 24.5. The van der Waals surface area contributed by atoms with E-state index in [0.717, 1.165) is 49.3 Å². The fraction of sp³-hybridized carbons (Fsp3) is 0.346. The number of halogens is 2. The molecule has 0 radical (unpaired) electrons. The van der Waals surface area contributed by atoms with Crippen molar-refractivity contribution in [2.75, 3.05) is 18.4 Å². The first-order valence-corrected chi connectivity index (χ1v) is 12.5. The molecule has 1 aromatic carbocycles. The Morgan fingerprint density at radius 3 is 2.69 bits per heavy atom. The van der Waals surface area contributed by atoms with E-state index in [9.17, 15) is 14.7 Å². The van der Waals surface area contributed by atoms with Crippen LogP contribution >= 0.6 is 23.2 Å². The summed E-state index contributed by atoms with van der Waals surface area (Å²) < 4.78 is 1.96. The van der Waals surface area contributed by atoms with Crippen LogP contribution in [0.4, 0.5) is 5.82 Å². The Morgan fingerprint density at radius 1 is 1.11 bits per heavy atom. The number of fused-ring (bicyclic) bond motifs is 2. The van der Waals surface area contributed by atoms with Gasteiger partial charge in [-0.2, -0.15) is 0 Å². The summed E-state index contributed by atoms with van der Waals surface area (Å²) in [6.07, 6.45) is 5.52. The van der Waals surface area contributed by atoms with Gasteiger partial charge in [0.25, 0.3) is 5.91 Å². The molecule has 1 atom stereocenters. The molecular formula is C26H26Cl2N4O3. The van der Waals surface area contributed by atoms with E-state index in [1.165, 1.54) is 5.56 Å². The summed E-state index contributed by atoms with van der Waals surface area (Å²) in [6, 6.07) is 10.4. The summed E-state index contributed by atoms with van der Waals surface area (Å²) >= 11 is 12.3. The molecule has 0 fully saturated rings. The lowest BCUT2D eigenvalue weighted by molar-refractivity contribution is -0.138. The van der Waals surface area contributed by atoms with E-state index in [-0.39, 0.29) is 12.3 Å². The second kappa shape index (κ2) is 9.91. The lowest BCUT2D eigenvalue weighted by Gasteiger charge is -2.35. The zero-order valence-corrected chi connectivity index (χ0v) is 20.6. The lowest BCUT2D eigenvalue weighted by Crippen LogP contribution is -2.42. The second-order valence-electron chi connectivity index (χ2n) is 9.08. The number of aryl methyl sites for hydroxylation is 3. The summed E-state index contributed by atoms with van der Waals surface area (Å²) in [5.41, 5.74) is 4.53. The number of carbonyl (C=O) groups excluding carboxylic acids is 1. The van der Waals surface area contributed by atoms with E-state index in [4.69, 9.17) is 28.2 Å². The Morgan fingerprint density at radius 2 is 1.91 bits per heavy atom. The minimum Gasteiger partial charge on any atom is -0.481 e. The van der Waals surface area contributed by atoms with E-state index in [1.807, 2.05) is 16.8 Å². The van der Waals surface area contributed by atoms with Gasteiger partial charge in [-0.15, -0.1) is 0 Å². The highest BCUT2D eigenvalue weighted by atomic mass is 35.5. The fourth-order valence-electron chi connectivity index (χ4n) is 4.95. The standard InChI is InChI=1S/C26H26Cl2N4O3/c27-19-11-18(12-20(28)13-19)22(14-24(33)34)32-9-8-31-15-16(10-23(31)26(32)35)3-5-21-6-4-17-2-1-7-29-25(17)30-21/h4,6,10-13,15,22H,1-3,5,7-9,14H2,(H,29,30)(H,33,34)/t22-/m0/s1. The SMILES string of the molecule is O=C(O)C[C@@H](c1cc(Cl)cc(Cl)c1)N1CCn2cc(CCc3ccc4c(n3)NCCC4)cc2C1=O. The summed E-state index contributed by atoms with van der Waals surface area (Å²) in [6.45, 7) is 1.95. The maximum Gasteiger partial charge on any atom is 0.305 e. The molecule has 2 aliphatic heterocycles. The average molecular weight is 513 g/mol. The summed E-state index contributed by atoms with van der Waals surface area (Å²) in [4.78, 5) is 31.5. The molecule has 2 aromatic heterocycles. The minimum atomic E-state index is -0.993. The molecule has 9 heteroatoms. The van der Waals surface area contributed by atoms with Gasteiger partial charge in [-0.3, -0.25) is 9.59 Å². The summed E-state index contributed by atoms with van der Waals surface area (Å²) in [5.74, 6) is -0.199. The summed E-state index contributed by atoms with van der Waals surface area (Å²) in [7, 11) is 0. The lowest BCUT2D eigenvalue weighted by atomic mass is 10.0. The molecule has 1 amide bonds. The van der Waals surface area contributed by atoms with Crippen LogP contribution in [0.5, 0.6) is 0 Å². The number of rotatable bonds is 7. The van der Waals surface area contributed by atoms with Crippen molar-refractivity contribution in [1.29, 1.82) is 0 Å². The number of carboxylic acid groups (broad SMARTS) is 1. The van der Waals surface area contributed by atoms with Gasteiger partial charge in [0, 0.05) is 41.6 Å². The third kappa shape index (κ3) is 5.16. The number of hydrogen-bond acceptors (Lipinski definition) is 4. The number of aromatic nitrogens is 2. The number of hydrogen-bond donors (Lipinski definition) is 2. The molecule has 7 nitrogen and oxygen atoms in total. The highest BCUT2D eigenvalue weighted by Gasteiger charge is 2.33. The van der Waals surface area contributed by atoms with Crippen LogP contribution in [-0.2, 0) is 30.6 Å². The quantitative estimate of drug-likeness (QED) is 0.464. The molecule has 182 valence electrons. The number of nitrogens with one attached hydrogen (secondary N) is 1. The van der Waals surface area contributed by atoms with Gasteiger partial charge in [-0.1, -0.05) is 29.3 Å². The number of carbonyl (C=O) groups is 2. The van der Waals surface area contributed by atoms with Crippen LogP contribution in [0.25, 0.3) is 0 Å². The topological polar surface area (TPSA) is 87.5 Å². The van der Waals surface area contributed by atoms with E-state index in [2.05, 4.69) is 17.4 Å². The van der Waals surface area contributed by atoms with Crippen molar-refractivity contribution >= 4 is 40.9 Å². The highest BCUT2D eigenvalue weighted by molar-refractivity contribution is 6.34. The fourth-order valence-corrected chi connectivity index (χ4v) is 5.50. The molecule has 3 aromatic rings. The first-order chi connectivity index (χ1) is 16.9. The van der Waals surface area contributed by atoms with Crippen molar-refractivity contribution in [2.24, 2.45) is 0 Å². The number of aliphatic carboxylic acids is 1. The number of benzene rings is 1. The third-order valence-electron chi connectivity index (χ3n) is 6.65. The van der Waals surface area contributed by atoms with Crippen LogP contribution in [0, 0.1) is 0 Å². The van der Waals surface area contributed by atoms with Gasteiger partial charge < -0.3 is 19.9 Å². The molecule has 5 rings (SSSR count).